The fraction of sp³-hybridized carbons (Fsp3) is 0.562. The van der Waals surface area contributed by atoms with Crippen LogP contribution in [-0.4, -0.2) is 24.5 Å². The minimum atomic E-state index is 0.181. The second-order valence-corrected chi connectivity index (χ2v) is 5.47. The molecule has 104 valence electrons. The highest BCUT2D eigenvalue weighted by atomic mass is 16.2. The average molecular weight is 260 g/mol. The molecule has 1 aliphatic rings. The molecular formula is C16H24N2O. The van der Waals surface area contributed by atoms with E-state index in [-0.39, 0.29) is 5.91 Å². The first kappa shape index (κ1) is 14.1. The maximum atomic E-state index is 12.5. The van der Waals surface area contributed by atoms with Crippen LogP contribution in [0.5, 0.6) is 0 Å². The summed E-state index contributed by atoms with van der Waals surface area (Å²) in [6.07, 6.45) is 3.16. The molecule has 1 aromatic rings. The monoisotopic (exact) mass is 260 g/mol. The normalized spacial score (nSPS) is 19.9. The molecule has 0 spiro atoms. The van der Waals surface area contributed by atoms with Crippen molar-refractivity contribution < 1.29 is 4.79 Å². The maximum Gasteiger partial charge on any atom is 0.241 e. The predicted molar refractivity (Wildman–Crippen MR) is 79.5 cm³/mol. The number of hydrogen-bond acceptors (Lipinski definition) is 2. The Morgan fingerprint density at radius 3 is 2.95 bits per heavy atom. The summed E-state index contributed by atoms with van der Waals surface area (Å²) < 4.78 is 0. The van der Waals surface area contributed by atoms with Gasteiger partial charge >= 0.3 is 0 Å². The van der Waals surface area contributed by atoms with E-state index in [0.717, 1.165) is 24.9 Å². The third-order valence-electron chi connectivity index (χ3n) is 4.01. The van der Waals surface area contributed by atoms with Gasteiger partial charge in [-0.25, -0.2) is 0 Å². The van der Waals surface area contributed by atoms with Gasteiger partial charge in [0.25, 0.3) is 0 Å². The van der Waals surface area contributed by atoms with Crippen LogP contribution < -0.4 is 10.2 Å². The number of hydrogen-bond donors (Lipinski definition) is 1. The molecule has 0 radical (unpaired) electrons. The number of benzene rings is 1. The summed E-state index contributed by atoms with van der Waals surface area (Å²) in [5, 5.41) is 3.29. The van der Waals surface area contributed by atoms with Crippen LogP contribution in [0.2, 0.25) is 0 Å². The van der Waals surface area contributed by atoms with Crippen molar-refractivity contribution in [2.75, 3.05) is 11.4 Å². The molecule has 0 fully saturated rings. The fourth-order valence-corrected chi connectivity index (χ4v) is 2.56. The minimum Gasteiger partial charge on any atom is -0.308 e. The molecule has 1 aromatic carbocycles. The van der Waals surface area contributed by atoms with Crippen molar-refractivity contribution in [2.24, 2.45) is 0 Å². The quantitative estimate of drug-likeness (QED) is 0.903. The van der Waals surface area contributed by atoms with Gasteiger partial charge in [-0.2, -0.15) is 0 Å². The first-order valence-corrected chi connectivity index (χ1v) is 7.26. The van der Waals surface area contributed by atoms with Crippen molar-refractivity contribution in [2.45, 2.75) is 52.1 Å². The molecular weight excluding hydrogens is 236 g/mol. The zero-order valence-corrected chi connectivity index (χ0v) is 12.1. The molecule has 0 saturated carbocycles. The van der Waals surface area contributed by atoms with Crippen LogP contribution in [-0.2, 0) is 11.2 Å². The third-order valence-corrected chi connectivity index (χ3v) is 4.01. The van der Waals surface area contributed by atoms with Crippen LogP contribution in [0.15, 0.2) is 24.3 Å². The average Bonchev–Trinajstić information content (AvgIpc) is 2.44. The van der Waals surface area contributed by atoms with Gasteiger partial charge in [-0.15, -0.1) is 0 Å². The number of aryl methyl sites for hydroxylation is 1. The topological polar surface area (TPSA) is 32.3 Å². The maximum absolute atomic E-state index is 12.5. The van der Waals surface area contributed by atoms with E-state index in [4.69, 9.17) is 0 Å². The van der Waals surface area contributed by atoms with Crippen LogP contribution in [0.4, 0.5) is 5.69 Å². The standard InChI is InChI=1S/C16H24N2O/c1-4-12(2)17-11-16(19)18-13(3)9-10-14-7-5-6-8-15(14)18/h5-8,12-13,17H,4,9-11H2,1-3H3. The zero-order chi connectivity index (χ0) is 13.8. The van der Waals surface area contributed by atoms with Gasteiger partial charge in [-0.1, -0.05) is 25.1 Å². The Labute approximate surface area is 116 Å². The lowest BCUT2D eigenvalue weighted by molar-refractivity contribution is -0.118. The van der Waals surface area contributed by atoms with Crippen molar-refractivity contribution in [3.63, 3.8) is 0 Å². The SMILES string of the molecule is CCC(C)NCC(=O)N1c2ccccc2CCC1C. The molecule has 0 aromatic heterocycles. The van der Waals surface area contributed by atoms with Gasteiger partial charge in [0.2, 0.25) is 5.91 Å². The van der Waals surface area contributed by atoms with E-state index < -0.39 is 0 Å². The van der Waals surface area contributed by atoms with E-state index in [1.807, 2.05) is 11.0 Å². The number of anilines is 1. The van der Waals surface area contributed by atoms with Gasteiger partial charge in [0.05, 0.1) is 6.54 Å². The summed E-state index contributed by atoms with van der Waals surface area (Å²) in [5.74, 6) is 0.181. The number of nitrogens with one attached hydrogen (secondary N) is 1. The minimum absolute atomic E-state index is 0.181. The van der Waals surface area contributed by atoms with Crippen molar-refractivity contribution in [3.05, 3.63) is 29.8 Å². The lowest BCUT2D eigenvalue weighted by atomic mass is 9.96. The highest BCUT2D eigenvalue weighted by Gasteiger charge is 2.27. The molecule has 3 heteroatoms. The van der Waals surface area contributed by atoms with Crippen LogP contribution in [0.3, 0.4) is 0 Å². The van der Waals surface area contributed by atoms with E-state index in [0.29, 0.717) is 18.6 Å². The number of carbonyl (C=O) groups is 1. The molecule has 2 rings (SSSR count). The van der Waals surface area contributed by atoms with Gasteiger partial charge in [-0.3, -0.25) is 4.79 Å². The molecule has 0 saturated heterocycles. The lowest BCUT2D eigenvalue weighted by Gasteiger charge is -2.35. The largest absolute Gasteiger partial charge is 0.308 e. The molecule has 1 N–H and O–H groups in total. The van der Waals surface area contributed by atoms with Gasteiger partial charge < -0.3 is 10.2 Å². The number of para-hydroxylation sites is 1. The Morgan fingerprint density at radius 2 is 2.21 bits per heavy atom. The smallest absolute Gasteiger partial charge is 0.241 e. The molecule has 1 amide bonds. The lowest BCUT2D eigenvalue weighted by Crippen LogP contribution is -2.47. The molecule has 19 heavy (non-hydrogen) atoms. The predicted octanol–water partition coefficient (Wildman–Crippen LogP) is 2.74. The van der Waals surface area contributed by atoms with E-state index >= 15 is 0 Å². The van der Waals surface area contributed by atoms with Crippen LogP contribution in [0, 0.1) is 0 Å². The number of amides is 1. The Bertz CT molecular complexity index is 444. The van der Waals surface area contributed by atoms with Crippen molar-refractivity contribution >= 4 is 11.6 Å². The van der Waals surface area contributed by atoms with Gasteiger partial charge in [0, 0.05) is 17.8 Å². The first-order chi connectivity index (χ1) is 9.13. The van der Waals surface area contributed by atoms with Gasteiger partial charge in [0.15, 0.2) is 0 Å². The summed E-state index contributed by atoms with van der Waals surface area (Å²) in [6, 6.07) is 8.93. The third kappa shape index (κ3) is 3.16. The van der Waals surface area contributed by atoms with E-state index in [2.05, 4.69) is 44.3 Å². The summed E-state index contributed by atoms with van der Waals surface area (Å²) in [6.45, 7) is 6.80. The fourth-order valence-electron chi connectivity index (χ4n) is 2.56. The van der Waals surface area contributed by atoms with Gasteiger partial charge in [-0.05, 0) is 44.7 Å². The Hall–Kier alpha value is -1.35. The summed E-state index contributed by atoms with van der Waals surface area (Å²) in [7, 11) is 0. The molecule has 2 unspecified atom stereocenters. The van der Waals surface area contributed by atoms with E-state index in [9.17, 15) is 4.79 Å². The number of fused-ring (bicyclic) bond motifs is 1. The second-order valence-electron chi connectivity index (χ2n) is 5.47. The molecule has 3 nitrogen and oxygen atoms in total. The molecule has 2 atom stereocenters. The van der Waals surface area contributed by atoms with Gasteiger partial charge in [0.1, 0.15) is 0 Å². The number of carbonyl (C=O) groups excluding carboxylic acids is 1. The first-order valence-electron chi connectivity index (χ1n) is 7.26. The highest BCUT2D eigenvalue weighted by molar-refractivity contribution is 5.96. The van der Waals surface area contributed by atoms with Crippen molar-refractivity contribution in [3.8, 4) is 0 Å². The van der Waals surface area contributed by atoms with E-state index in [1.54, 1.807) is 0 Å². The summed E-state index contributed by atoms with van der Waals surface area (Å²) in [5.41, 5.74) is 2.38. The van der Waals surface area contributed by atoms with Crippen LogP contribution in [0.25, 0.3) is 0 Å². The van der Waals surface area contributed by atoms with Crippen molar-refractivity contribution in [1.82, 2.24) is 5.32 Å². The zero-order valence-electron chi connectivity index (χ0n) is 12.1. The summed E-state index contributed by atoms with van der Waals surface area (Å²) in [4.78, 5) is 14.4. The second kappa shape index (κ2) is 6.20. The van der Waals surface area contributed by atoms with Crippen molar-refractivity contribution in [1.29, 1.82) is 0 Å². The molecule has 1 heterocycles. The molecule has 1 aliphatic heterocycles. The Kier molecular flexibility index (Phi) is 4.59. The summed E-state index contributed by atoms with van der Waals surface area (Å²) >= 11 is 0. The van der Waals surface area contributed by atoms with Crippen LogP contribution in [0.1, 0.15) is 39.2 Å². The highest BCUT2D eigenvalue weighted by Crippen LogP contribution is 2.30. The molecule has 0 aliphatic carbocycles. The molecule has 0 bridgehead atoms. The Morgan fingerprint density at radius 1 is 1.47 bits per heavy atom. The van der Waals surface area contributed by atoms with E-state index in [1.165, 1.54) is 5.56 Å². The number of rotatable bonds is 4. The number of nitrogens with zero attached hydrogens (tertiary/aromatic N) is 1. The Balaban J connectivity index is 2.12. The van der Waals surface area contributed by atoms with Crippen LogP contribution >= 0.6 is 0 Å².